The number of methoxy groups -OCH3 is 2. The van der Waals surface area contributed by atoms with Gasteiger partial charge in [-0.05, 0) is 36.3 Å². The van der Waals surface area contributed by atoms with E-state index in [1.807, 2.05) is 6.08 Å². The molecule has 3 nitrogen and oxygen atoms in total. The summed E-state index contributed by atoms with van der Waals surface area (Å²) >= 11 is 0. The Labute approximate surface area is 109 Å². The molecule has 1 atom stereocenters. The van der Waals surface area contributed by atoms with Gasteiger partial charge in [0.15, 0.2) is 0 Å². The van der Waals surface area contributed by atoms with Crippen LogP contribution < -0.4 is 0 Å². The average Bonchev–Trinajstić information content (AvgIpc) is 2.36. The van der Waals surface area contributed by atoms with E-state index in [-0.39, 0.29) is 11.4 Å². The summed E-state index contributed by atoms with van der Waals surface area (Å²) in [4.78, 5) is 12.4. The molecular weight excluding hydrogens is 228 g/mol. The molecule has 18 heavy (non-hydrogen) atoms. The van der Waals surface area contributed by atoms with Crippen molar-refractivity contribution in [1.82, 2.24) is 0 Å². The quantitative estimate of drug-likeness (QED) is 0.706. The maximum atomic E-state index is 12.4. The molecule has 0 radical (unpaired) electrons. The van der Waals surface area contributed by atoms with E-state index >= 15 is 0 Å². The van der Waals surface area contributed by atoms with Crippen molar-refractivity contribution in [3.8, 4) is 0 Å². The van der Waals surface area contributed by atoms with Gasteiger partial charge >= 0.3 is 5.97 Å². The number of allylic oxidation sites excluding steroid dienone is 3. The molecule has 0 aromatic carbocycles. The van der Waals surface area contributed by atoms with Crippen LogP contribution in [0.1, 0.15) is 39.5 Å². The molecule has 1 unspecified atom stereocenters. The Balaban J connectivity index is 2.54. The van der Waals surface area contributed by atoms with Gasteiger partial charge in [0.1, 0.15) is 0 Å². The predicted molar refractivity (Wildman–Crippen MR) is 69.9 cm³/mol. The van der Waals surface area contributed by atoms with Gasteiger partial charge in [-0.3, -0.25) is 4.79 Å². The van der Waals surface area contributed by atoms with Crippen molar-refractivity contribution in [3.05, 3.63) is 23.5 Å². The van der Waals surface area contributed by atoms with E-state index in [9.17, 15) is 4.79 Å². The van der Waals surface area contributed by atoms with Gasteiger partial charge < -0.3 is 9.47 Å². The van der Waals surface area contributed by atoms with E-state index in [1.54, 1.807) is 7.11 Å². The average molecular weight is 250 g/mol. The summed E-state index contributed by atoms with van der Waals surface area (Å²) in [6.45, 7) is 4.34. The Bertz CT molecular complexity index is 417. The summed E-state index contributed by atoms with van der Waals surface area (Å²) in [6, 6.07) is 0. The Kier molecular flexibility index (Phi) is 3.26. The van der Waals surface area contributed by atoms with Crippen LogP contribution >= 0.6 is 0 Å². The van der Waals surface area contributed by atoms with Gasteiger partial charge in [0.25, 0.3) is 0 Å². The van der Waals surface area contributed by atoms with Crippen molar-refractivity contribution in [2.75, 3.05) is 14.2 Å². The first-order chi connectivity index (χ1) is 8.48. The monoisotopic (exact) mass is 250 g/mol. The molecule has 0 bridgehead atoms. The Morgan fingerprint density at radius 2 is 2.00 bits per heavy atom. The van der Waals surface area contributed by atoms with Crippen LogP contribution in [0.15, 0.2) is 23.5 Å². The minimum Gasteiger partial charge on any atom is -0.501 e. The fourth-order valence-corrected chi connectivity index (χ4v) is 3.42. The van der Waals surface area contributed by atoms with Gasteiger partial charge in [-0.1, -0.05) is 19.9 Å². The number of carbonyl (C=O) groups is 1. The summed E-state index contributed by atoms with van der Waals surface area (Å²) in [7, 11) is 3.17. The van der Waals surface area contributed by atoms with Crippen LogP contribution in [-0.4, -0.2) is 20.2 Å². The molecular formula is C15H22O3. The summed E-state index contributed by atoms with van der Waals surface area (Å²) in [5, 5.41) is 0. The minimum absolute atomic E-state index is 0.0695. The number of carbonyl (C=O) groups excluding carboxylic acids is 1. The summed E-state index contributed by atoms with van der Waals surface area (Å²) in [5.41, 5.74) is 0.510. The normalized spacial score (nSPS) is 29.8. The third-order valence-corrected chi connectivity index (χ3v) is 4.64. The zero-order valence-electron chi connectivity index (χ0n) is 11.7. The number of ether oxygens (including phenoxy) is 2. The van der Waals surface area contributed by atoms with E-state index in [2.05, 4.69) is 19.9 Å². The molecule has 0 saturated heterocycles. The molecule has 0 saturated carbocycles. The number of hydrogen-bond acceptors (Lipinski definition) is 3. The van der Waals surface area contributed by atoms with E-state index in [4.69, 9.17) is 9.47 Å². The molecule has 2 aliphatic carbocycles. The van der Waals surface area contributed by atoms with E-state index in [1.165, 1.54) is 7.11 Å². The lowest BCUT2D eigenvalue weighted by atomic mass is 9.53. The van der Waals surface area contributed by atoms with Crippen LogP contribution in [-0.2, 0) is 14.3 Å². The summed E-state index contributed by atoms with van der Waals surface area (Å²) in [6.07, 6.45) is 7.79. The van der Waals surface area contributed by atoms with E-state index < -0.39 is 5.41 Å². The van der Waals surface area contributed by atoms with Gasteiger partial charge in [-0.15, -0.1) is 0 Å². The fraction of sp³-hybridized carbons (Fsp3) is 0.667. The smallest absolute Gasteiger partial charge is 0.316 e. The second-order valence-corrected chi connectivity index (χ2v) is 5.79. The van der Waals surface area contributed by atoms with Crippen molar-refractivity contribution in [2.45, 2.75) is 39.5 Å². The van der Waals surface area contributed by atoms with Gasteiger partial charge in [0, 0.05) is 6.42 Å². The SMILES string of the molecule is COC(=O)C12CCC(OC)=CC1=CCCC2(C)C. The van der Waals surface area contributed by atoms with Crippen molar-refractivity contribution in [3.63, 3.8) is 0 Å². The van der Waals surface area contributed by atoms with Crippen molar-refractivity contribution < 1.29 is 14.3 Å². The standard InChI is InChI=1S/C15H22O3/c1-14(2)8-5-6-11-10-12(17-3)7-9-15(11,14)13(16)18-4/h6,10H,5,7-9H2,1-4H3. The third kappa shape index (κ3) is 1.68. The second-order valence-electron chi connectivity index (χ2n) is 5.79. The van der Waals surface area contributed by atoms with Crippen LogP contribution in [0.4, 0.5) is 0 Å². The molecule has 0 spiro atoms. The van der Waals surface area contributed by atoms with Crippen LogP contribution in [0.5, 0.6) is 0 Å². The molecule has 0 aliphatic heterocycles. The summed E-state index contributed by atoms with van der Waals surface area (Å²) in [5.74, 6) is 0.850. The molecule has 0 amide bonds. The first kappa shape index (κ1) is 13.2. The van der Waals surface area contributed by atoms with Crippen molar-refractivity contribution >= 4 is 5.97 Å². The highest BCUT2D eigenvalue weighted by Crippen LogP contribution is 2.57. The van der Waals surface area contributed by atoms with Gasteiger partial charge in [0.05, 0.1) is 25.4 Å². The number of esters is 1. The van der Waals surface area contributed by atoms with Gasteiger partial charge in [-0.2, -0.15) is 0 Å². The van der Waals surface area contributed by atoms with Crippen molar-refractivity contribution in [2.24, 2.45) is 10.8 Å². The summed E-state index contributed by atoms with van der Waals surface area (Å²) < 4.78 is 10.4. The largest absolute Gasteiger partial charge is 0.501 e. The third-order valence-electron chi connectivity index (χ3n) is 4.64. The van der Waals surface area contributed by atoms with Crippen LogP contribution in [0.25, 0.3) is 0 Å². The lowest BCUT2D eigenvalue weighted by Crippen LogP contribution is -2.49. The topological polar surface area (TPSA) is 35.5 Å². The molecule has 0 fully saturated rings. The number of hydrogen-bond donors (Lipinski definition) is 0. The van der Waals surface area contributed by atoms with Gasteiger partial charge in [-0.25, -0.2) is 0 Å². The predicted octanol–water partition coefficient (Wildman–Crippen LogP) is 3.22. The first-order valence-corrected chi connectivity index (χ1v) is 6.51. The second kappa shape index (κ2) is 4.45. The highest BCUT2D eigenvalue weighted by Gasteiger charge is 2.56. The molecule has 0 N–H and O–H groups in total. The Hall–Kier alpha value is -1.25. The van der Waals surface area contributed by atoms with Crippen LogP contribution in [0.2, 0.25) is 0 Å². The minimum atomic E-state index is -0.498. The Morgan fingerprint density at radius 3 is 2.61 bits per heavy atom. The lowest BCUT2D eigenvalue weighted by Gasteiger charge is -2.49. The molecule has 3 heteroatoms. The zero-order valence-corrected chi connectivity index (χ0v) is 11.7. The molecule has 100 valence electrons. The van der Waals surface area contributed by atoms with Crippen molar-refractivity contribution in [1.29, 1.82) is 0 Å². The highest BCUT2D eigenvalue weighted by molar-refractivity contribution is 5.83. The van der Waals surface area contributed by atoms with E-state index in [0.717, 1.165) is 37.0 Å². The maximum absolute atomic E-state index is 12.4. The van der Waals surface area contributed by atoms with Crippen LogP contribution in [0.3, 0.4) is 0 Å². The molecule has 2 aliphatic rings. The van der Waals surface area contributed by atoms with Gasteiger partial charge in [0.2, 0.25) is 0 Å². The first-order valence-electron chi connectivity index (χ1n) is 6.51. The Morgan fingerprint density at radius 1 is 1.28 bits per heavy atom. The highest BCUT2D eigenvalue weighted by atomic mass is 16.5. The fourth-order valence-electron chi connectivity index (χ4n) is 3.42. The molecule has 0 aromatic rings. The van der Waals surface area contributed by atoms with Crippen LogP contribution in [0, 0.1) is 10.8 Å². The number of rotatable bonds is 2. The lowest BCUT2D eigenvalue weighted by molar-refractivity contribution is -0.159. The van der Waals surface area contributed by atoms with E-state index in [0.29, 0.717) is 0 Å². The zero-order chi connectivity index (χ0) is 13.4. The molecule has 0 aromatic heterocycles. The molecule has 2 rings (SSSR count). The number of fused-ring (bicyclic) bond motifs is 1. The molecule has 0 heterocycles. The maximum Gasteiger partial charge on any atom is 0.316 e.